The van der Waals surface area contributed by atoms with Crippen molar-refractivity contribution in [2.45, 2.75) is 26.1 Å². The zero-order valence-corrected chi connectivity index (χ0v) is 12.1. The molecule has 9 heteroatoms. The van der Waals surface area contributed by atoms with E-state index in [4.69, 9.17) is 11.6 Å². The van der Waals surface area contributed by atoms with Gasteiger partial charge in [0.15, 0.2) is 5.82 Å². The fourth-order valence-electron chi connectivity index (χ4n) is 1.95. The van der Waals surface area contributed by atoms with Crippen LogP contribution in [0.1, 0.15) is 31.3 Å². The Morgan fingerprint density at radius 1 is 1.38 bits per heavy atom. The number of benzene rings is 1. The van der Waals surface area contributed by atoms with Crippen LogP contribution >= 0.6 is 11.6 Å². The van der Waals surface area contributed by atoms with Gasteiger partial charge >= 0.3 is 6.18 Å². The van der Waals surface area contributed by atoms with Gasteiger partial charge in [-0.2, -0.15) is 17.9 Å². The van der Waals surface area contributed by atoms with E-state index >= 15 is 0 Å². The molecule has 0 spiro atoms. The van der Waals surface area contributed by atoms with Crippen LogP contribution in [0.3, 0.4) is 0 Å². The van der Waals surface area contributed by atoms with Crippen LogP contribution in [0.15, 0.2) is 18.2 Å². The Morgan fingerprint density at radius 2 is 2.10 bits per heavy atom. The highest BCUT2D eigenvalue weighted by Crippen LogP contribution is 2.35. The number of aromatic nitrogens is 4. The van der Waals surface area contributed by atoms with E-state index in [0.29, 0.717) is 12.4 Å². The summed E-state index contributed by atoms with van der Waals surface area (Å²) in [6.45, 7) is 4.30. The molecule has 1 atom stereocenters. The Labute approximate surface area is 124 Å². The standard InChI is InChI=1S/C12H13ClF3N5/c1-3-17-7(2)11-18-19-20-21(11)10-5-4-8(13)6-9(10)12(14,15)16/h4-7,17H,3H2,1-2H3. The lowest BCUT2D eigenvalue weighted by molar-refractivity contribution is -0.137. The van der Waals surface area contributed by atoms with Gasteiger partial charge in [0.05, 0.1) is 17.3 Å². The maximum atomic E-state index is 13.1. The van der Waals surface area contributed by atoms with Gasteiger partial charge in [-0.05, 0) is 42.1 Å². The first-order valence-corrected chi connectivity index (χ1v) is 6.61. The Bertz CT molecular complexity index is 626. The molecular formula is C12H13ClF3N5. The first-order chi connectivity index (χ1) is 9.84. The highest BCUT2D eigenvalue weighted by molar-refractivity contribution is 6.30. The lowest BCUT2D eigenvalue weighted by atomic mass is 10.1. The zero-order valence-electron chi connectivity index (χ0n) is 11.3. The van der Waals surface area contributed by atoms with E-state index in [9.17, 15) is 13.2 Å². The maximum absolute atomic E-state index is 13.1. The number of halogens is 4. The Morgan fingerprint density at radius 3 is 2.71 bits per heavy atom. The molecule has 0 amide bonds. The summed E-state index contributed by atoms with van der Waals surface area (Å²) in [4.78, 5) is 0. The van der Waals surface area contributed by atoms with Crippen LogP contribution in [0.5, 0.6) is 0 Å². The van der Waals surface area contributed by atoms with Crippen LogP contribution in [0.2, 0.25) is 5.02 Å². The molecule has 114 valence electrons. The normalized spacial score (nSPS) is 13.4. The molecule has 2 rings (SSSR count). The molecule has 0 aliphatic heterocycles. The molecule has 5 nitrogen and oxygen atoms in total. The van der Waals surface area contributed by atoms with Crippen molar-refractivity contribution in [2.24, 2.45) is 0 Å². The van der Waals surface area contributed by atoms with E-state index in [0.717, 1.165) is 10.7 Å². The average molecular weight is 320 g/mol. The molecular weight excluding hydrogens is 307 g/mol. The number of alkyl halides is 3. The zero-order chi connectivity index (χ0) is 15.6. The van der Waals surface area contributed by atoms with Gasteiger partial charge in [-0.1, -0.05) is 18.5 Å². The fourth-order valence-corrected chi connectivity index (χ4v) is 2.13. The second-order valence-electron chi connectivity index (χ2n) is 4.39. The van der Waals surface area contributed by atoms with E-state index < -0.39 is 11.7 Å². The van der Waals surface area contributed by atoms with Crippen molar-refractivity contribution in [2.75, 3.05) is 6.54 Å². The minimum atomic E-state index is -4.55. The molecule has 1 N–H and O–H groups in total. The minimum absolute atomic E-state index is 0.000399. The molecule has 21 heavy (non-hydrogen) atoms. The molecule has 0 fully saturated rings. The third kappa shape index (κ3) is 3.33. The van der Waals surface area contributed by atoms with Crippen molar-refractivity contribution in [1.82, 2.24) is 25.5 Å². The summed E-state index contributed by atoms with van der Waals surface area (Å²) in [6.07, 6.45) is -4.55. The van der Waals surface area contributed by atoms with Gasteiger partial charge in [-0.3, -0.25) is 0 Å². The SMILES string of the molecule is CCNC(C)c1nnnn1-c1ccc(Cl)cc1C(F)(F)F. The molecule has 1 heterocycles. The topological polar surface area (TPSA) is 55.6 Å². The van der Waals surface area contributed by atoms with Crippen molar-refractivity contribution >= 4 is 11.6 Å². The minimum Gasteiger partial charge on any atom is -0.308 e. The quantitative estimate of drug-likeness (QED) is 0.941. The summed E-state index contributed by atoms with van der Waals surface area (Å²) in [5.41, 5.74) is -1.04. The van der Waals surface area contributed by atoms with E-state index in [1.54, 1.807) is 6.92 Å². The highest BCUT2D eigenvalue weighted by atomic mass is 35.5. The monoisotopic (exact) mass is 319 g/mol. The van der Waals surface area contributed by atoms with Crippen molar-refractivity contribution < 1.29 is 13.2 Å². The predicted molar refractivity (Wildman–Crippen MR) is 71.3 cm³/mol. The lowest BCUT2D eigenvalue weighted by Gasteiger charge is -2.16. The second-order valence-corrected chi connectivity index (χ2v) is 4.82. The van der Waals surface area contributed by atoms with Gasteiger partial charge in [0, 0.05) is 5.02 Å². The van der Waals surface area contributed by atoms with Crippen molar-refractivity contribution in [3.8, 4) is 5.69 Å². The summed E-state index contributed by atoms with van der Waals surface area (Å²) >= 11 is 5.66. The molecule has 0 saturated carbocycles. The van der Waals surface area contributed by atoms with E-state index in [-0.39, 0.29) is 16.8 Å². The summed E-state index contributed by atoms with van der Waals surface area (Å²) in [5, 5.41) is 14.0. The number of nitrogens with zero attached hydrogens (tertiary/aromatic N) is 4. The molecule has 1 aromatic carbocycles. The average Bonchev–Trinajstić information content (AvgIpc) is 2.87. The van der Waals surface area contributed by atoms with E-state index in [1.807, 2.05) is 6.92 Å². The molecule has 0 bridgehead atoms. The first kappa shape index (κ1) is 15.7. The maximum Gasteiger partial charge on any atom is 0.418 e. The van der Waals surface area contributed by atoms with E-state index in [2.05, 4.69) is 20.8 Å². The highest BCUT2D eigenvalue weighted by Gasteiger charge is 2.35. The molecule has 2 aromatic rings. The Hall–Kier alpha value is -1.67. The van der Waals surface area contributed by atoms with Crippen LogP contribution in [-0.2, 0) is 6.18 Å². The van der Waals surface area contributed by atoms with Crippen LogP contribution in [0.25, 0.3) is 5.69 Å². The Kier molecular flexibility index (Phi) is 4.48. The third-order valence-electron chi connectivity index (χ3n) is 2.88. The number of hydrogen-bond acceptors (Lipinski definition) is 4. The summed E-state index contributed by atoms with van der Waals surface area (Å²) < 4.78 is 40.5. The smallest absolute Gasteiger partial charge is 0.308 e. The summed E-state index contributed by atoms with van der Waals surface area (Å²) in [7, 11) is 0. The molecule has 0 aliphatic rings. The van der Waals surface area contributed by atoms with Crippen LogP contribution in [-0.4, -0.2) is 26.8 Å². The van der Waals surface area contributed by atoms with Gasteiger partial charge < -0.3 is 5.32 Å². The Balaban J connectivity index is 2.56. The van der Waals surface area contributed by atoms with Gasteiger partial charge in [-0.25, -0.2) is 0 Å². The van der Waals surface area contributed by atoms with Crippen molar-refractivity contribution in [3.05, 3.63) is 34.6 Å². The predicted octanol–water partition coefficient (Wildman–Crippen LogP) is 3.01. The van der Waals surface area contributed by atoms with Crippen LogP contribution in [0.4, 0.5) is 13.2 Å². The summed E-state index contributed by atoms with van der Waals surface area (Å²) in [5.74, 6) is 0.296. The molecule has 0 aliphatic carbocycles. The van der Waals surface area contributed by atoms with Gasteiger partial charge in [-0.15, -0.1) is 5.10 Å². The summed E-state index contributed by atoms with van der Waals surface area (Å²) in [6, 6.07) is 3.20. The number of rotatable bonds is 4. The molecule has 1 unspecified atom stereocenters. The van der Waals surface area contributed by atoms with Gasteiger partial charge in [0.25, 0.3) is 0 Å². The van der Waals surface area contributed by atoms with Crippen LogP contribution in [0, 0.1) is 0 Å². The number of nitrogens with one attached hydrogen (secondary N) is 1. The fraction of sp³-hybridized carbons (Fsp3) is 0.417. The van der Waals surface area contributed by atoms with Crippen molar-refractivity contribution in [3.63, 3.8) is 0 Å². The largest absolute Gasteiger partial charge is 0.418 e. The number of hydrogen-bond donors (Lipinski definition) is 1. The molecule has 1 aromatic heterocycles. The molecule has 0 saturated heterocycles. The lowest BCUT2D eigenvalue weighted by Crippen LogP contribution is -2.22. The second kappa shape index (κ2) is 5.98. The van der Waals surface area contributed by atoms with Gasteiger partial charge in [0.2, 0.25) is 0 Å². The van der Waals surface area contributed by atoms with Crippen molar-refractivity contribution in [1.29, 1.82) is 0 Å². The third-order valence-corrected chi connectivity index (χ3v) is 3.12. The first-order valence-electron chi connectivity index (χ1n) is 6.23. The molecule has 0 radical (unpaired) electrons. The van der Waals surface area contributed by atoms with Gasteiger partial charge in [0.1, 0.15) is 0 Å². The van der Waals surface area contributed by atoms with E-state index in [1.165, 1.54) is 12.1 Å². The number of tetrazole rings is 1. The van der Waals surface area contributed by atoms with Crippen LogP contribution < -0.4 is 5.32 Å².